The van der Waals surface area contributed by atoms with Gasteiger partial charge in [-0.25, -0.2) is 0 Å². The Labute approximate surface area is 92.5 Å². The number of halogens is 1. The van der Waals surface area contributed by atoms with Gasteiger partial charge >= 0.3 is 0 Å². The second-order valence-electron chi connectivity index (χ2n) is 3.54. The minimum Gasteiger partial charge on any atom is -0.299 e. The molecule has 2 rings (SSSR count). The van der Waals surface area contributed by atoms with E-state index in [0.717, 1.165) is 0 Å². The monoisotopic (exact) mass is 288 g/mol. The Morgan fingerprint density at radius 3 is 3.08 bits per heavy atom. The zero-order valence-electron chi connectivity index (χ0n) is 7.70. The highest BCUT2D eigenvalue weighted by Gasteiger charge is 2.23. The highest BCUT2D eigenvalue weighted by Crippen LogP contribution is 2.32. The summed E-state index contributed by atoms with van der Waals surface area (Å²) in [4.78, 5) is 6.61. The number of likely N-dealkylation sites (tertiary alicyclic amines) is 1. The van der Waals surface area contributed by atoms with E-state index in [0.29, 0.717) is 6.04 Å². The van der Waals surface area contributed by atoms with Gasteiger partial charge in [0.2, 0.25) is 0 Å². The average molecular weight is 288 g/mol. The van der Waals surface area contributed by atoms with E-state index in [4.69, 9.17) is 0 Å². The largest absolute Gasteiger partial charge is 0.299 e. The van der Waals surface area contributed by atoms with Crippen molar-refractivity contribution in [3.63, 3.8) is 0 Å². The van der Waals surface area contributed by atoms with Crippen molar-refractivity contribution in [2.45, 2.75) is 18.9 Å². The molecule has 1 aliphatic heterocycles. The quantitative estimate of drug-likeness (QED) is 0.738. The van der Waals surface area contributed by atoms with Crippen molar-refractivity contribution in [2.75, 3.05) is 13.6 Å². The summed E-state index contributed by atoms with van der Waals surface area (Å²) < 4.78 is 1.34. The first-order valence-corrected chi connectivity index (χ1v) is 5.66. The molecule has 0 aliphatic carbocycles. The first kappa shape index (κ1) is 9.40. The molecule has 0 N–H and O–H groups in total. The Morgan fingerprint density at radius 1 is 1.62 bits per heavy atom. The number of pyridine rings is 1. The number of aromatic nitrogens is 1. The van der Waals surface area contributed by atoms with Crippen molar-refractivity contribution >= 4 is 22.6 Å². The predicted molar refractivity (Wildman–Crippen MR) is 61.6 cm³/mol. The van der Waals surface area contributed by atoms with Crippen molar-refractivity contribution in [1.82, 2.24) is 9.88 Å². The summed E-state index contributed by atoms with van der Waals surface area (Å²) >= 11 is 2.39. The van der Waals surface area contributed by atoms with Gasteiger partial charge in [-0.15, -0.1) is 0 Å². The van der Waals surface area contributed by atoms with E-state index in [1.54, 1.807) is 0 Å². The molecule has 1 saturated heterocycles. The van der Waals surface area contributed by atoms with E-state index in [1.165, 1.54) is 28.5 Å². The maximum Gasteiger partial charge on any atom is 0.0371 e. The van der Waals surface area contributed by atoms with Gasteiger partial charge in [0.25, 0.3) is 0 Å². The normalized spacial score (nSPS) is 23.7. The van der Waals surface area contributed by atoms with Gasteiger partial charge in [0, 0.05) is 27.6 Å². The van der Waals surface area contributed by atoms with E-state index in [1.807, 2.05) is 12.4 Å². The summed E-state index contributed by atoms with van der Waals surface area (Å²) in [5.41, 5.74) is 1.39. The summed E-state index contributed by atoms with van der Waals surface area (Å²) in [7, 11) is 2.20. The second-order valence-corrected chi connectivity index (χ2v) is 4.70. The highest BCUT2D eigenvalue weighted by atomic mass is 127. The SMILES string of the molecule is CN1CCCC1c1cnccc1I. The van der Waals surface area contributed by atoms with E-state index in [2.05, 4.69) is 45.6 Å². The van der Waals surface area contributed by atoms with Crippen molar-refractivity contribution in [2.24, 2.45) is 0 Å². The van der Waals surface area contributed by atoms with Crippen LogP contribution in [0.1, 0.15) is 24.4 Å². The topological polar surface area (TPSA) is 16.1 Å². The molecule has 0 aromatic carbocycles. The lowest BCUT2D eigenvalue weighted by molar-refractivity contribution is 0.316. The van der Waals surface area contributed by atoms with Crippen LogP contribution < -0.4 is 0 Å². The molecule has 3 heteroatoms. The van der Waals surface area contributed by atoms with E-state index in [9.17, 15) is 0 Å². The predicted octanol–water partition coefficient (Wildman–Crippen LogP) is 2.45. The van der Waals surface area contributed by atoms with Gasteiger partial charge in [-0.05, 0) is 55.1 Å². The van der Waals surface area contributed by atoms with Crippen LogP contribution in [0, 0.1) is 3.57 Å². The second kappa shape index (κ2) is 3.92. The summed E-state index contributed by atoms with van der Waals surface area (Å²) in [6.07, 6.45) is 6.46. The maximum atomic E-state index is 4.19. The zero-order chi connectivity index (χ0) is 9.26. The van der Waals surface area contributed by atoms with Crippen LogP contribution in [-0.2, 0) is 0 Å². The molecule has 1 aromatic rings. The molecule has 0 bridgehead atoms. The average Bonchev–Trinajstić information content (AvgIpc) is 2.52. The van der Waals surface area contributed by atoms with Gasteiger partial charge in [0.15, 0.2) is 0 Å². The lowest BCUT2D eigenvalue weighted by Gasteiger charge is -2.20. The molecular formula is C10H13IN2. The third-order valence-electron chi connectivity index (χ3n) is 2.68. The molecule has 70 valence electrons. The molecule has 0 radical (unpaired) electrons. The van der Waals surface area contributed by atoms with Gasteiger partial charge in [0.1, 0.15) is 0 Å². The molecule has 1 fully saturated rings. The molecular weight excluding hydrogens is 275 g/mol. The number of hydrogen-bond acceptors (Lipinski definition) is 2. The standard InChI is InChI=1S/C10H13IN2/c1-13-6-2-3-10(13)8-7-12-5-4-9(8)11/h4-5,7,10H,2-3,6H2,1H3. The van der Waals surface area contributed by atoms with Crippen molar-refractivity contribution in [3.8, 4) is 0 Å². The number of hydrogen-bond donors (Lipinski definition) is 0. The molecule has 2 heterocycles. The Hall–Kier alpha value is -0.160. The fraction of sp³-hybridized carbons (Fsp3) is 0.500. The van der Waals surface area contributed by atoms with Gasteiger partial charge in [-0.2, -0.15) is 0 Å². The summed E-state index contributed by atoms with van der Waals surface area (Å²) in [5, 5.41) is 0. The van der Waals surface area contributed by atoms with Crippen LogP contribution >= 0.6 is 22.6 Å². The van der Waals surface area contributed by atoms with Crippen LogP contribution in [0.4, 0.5) is 0 Å². The van der Waals surface area contributed by atoms with Crippen LogP contribution in [0.3, 0.4) is 0 Å². The van der Waals surface area contributed by atoms with Crippen molar-refractivity contribution in [1.29, 1.82) is 0 Å². The van der Waals surface area contributed by atoms with Crippen LogP contribution in [0.5, 0.6) is 0 Å². The van der Waals surface area contributed by atoms with Crippen molar-refractivity contribution in [3.05, 3.63) is 27.6 Å². The summed E-state index contributed by atoms with van der Waals surface area (Å²) in [6.45, 7) is 1.22. The smallest absolute Gasteiger partial charge is 0.0371 e. The molecule has 1 aliphatic rings. The lowest BCUT2D eigenvalue weighted by Crippen LogP contribution is -2.18. The molecule has 1 unspecified atom stereocenters. The minimum atomic E-state index is 0.598. The van der Waals surface area contributed by atoms with E-state index >= 15 is 0 Å². The van der Waals surface area contributed by atoms with Crippen LogP contribution in [0.2, 0.25) is 0 Å². The Balaban J connectivity index is 2.29. The minimum absolute atomic E-state index is 0.598. The van der Waals surface area contributed by atoms with Gasteiger partial charge in [-0.1, -0.05) is 0 Å². The molecule has 13 heavy (non-hydrogen) atoms. The van der Waals surface area contributed by atoms with Crippen molar-refractivity contribution < 1.29 is 0 Å². The Kier molecular flexibility index (Phi) is 2.83. The lowest BCUT2D eigenvalue weighted by atomic mass is 10.1. The number of rotatable bonds is 1. The fourth-order valence-electron chi connectivity index (χ4n) is 1.94. The molecule has 1 aromatic heterocycles. The Morgan fingerprint density at radius 2 is 2.46 bits per heavy atom. The third-order valence-corrected chi connectivity index (χ3v) is 3.66. The molecule has 2 nitrogen and oxygen atoms in total. The molecule has 0 saturated carbocycles. The molecule has 0 amide bonds. The summed E-state index contributed by atoms with van der Waals surface area (Å²) in [5.74, 6) is 0. The number of nitrogens with zero attached hydrogens (tertiary/aromatic N) is 2. The summed E-state index contributed by atoms with van der Waals surface area (Å²) in [6, 6.07) is 2.68. The van der Waals surface area contributed by atoms with E-state index < -0.39 is 0 Å². The van der Waals surface area contributed by atoms with Crippen LogP contribution in [0.15, 0.2) is 18.5 Å². The molecule has 1 atom stereocenters. The third kappa shape index (κ3) is 1.86. The maximum absolute atomic E-state index is 4.19. The first-order valence-electron chi connectivity index (χ1n) is 4.58. The van der Waals surface area contributed by atoms with Gasteiger partial charge < -0.3 is 0 Å². The first-order chi connectivity index (χ1) is 6.29. The van der Waals surface area contributed by atoms with Gasteiger partial charge in [-0.3, -0.25) is 9.88 Å². The van der Waals surface area contributed by atoms with E-state index in [-0.39, 0.29) is 0 Å². The fourth-order valence-corrected chi connectivity index (χ4v) is 2.60. The zero-order valence-corrected chi connectivity index (χ0v) is 9.86. The highest BCUT2D eigenvalue weighted by molar-refractivity contribution is 14.1. The van der Waals surface area contributed by atoms with Crippen LogP contribution in [-0.4, -0.2) is 23.5 Å². The van der Waals surface area contributed by atoms with Crippen LogP contribution in [0.25, 0.3) is 0 Å². The van der Waals surface area contributed by atoms with Gasteiger partial charge in [0.05, 0.1) is 0 Å². The molecule has 0 spiro atoms. The Bertz CT molecular complexity index is 301.